The van der Waals surface area contributed by atoms with Gasteiger partial charge in [0.25, 0.3) is 0 Å². The van der Waals surface area contributed by atoms with Gasteiger partial charge in [-0.15, -0.1) is 10.2 Å². The summed E-state index contributed by atoms with van der Waals surface area (Å²) in [4.78, 5) is 2.48. The normalized spacial score (nSPS) is 18.5. The molecule has 0 N–H and O–H groups in total. The minimum Gasteiger partial charge on any atom is -0.490 e. The second kappa shape index (κ2) is 6.43. The zero-order chi connectivity index (χ0) is 17.5. The topological polar surface area (TPSA) is 48.1 Å². The number of aromatic nitrogens is 4. The fraction of sp³-hybridized carbons (Fsp3) is 0.500. The second-order valence-corrected chi connectivity index (χ2v) is 7.50. The van der Waals surface area contributed by atoms with Crippen LogP contribution in [-0.2, 0) is 26.6 Å². The van der Waals surface area contributed by atoms with E-state index in [0.29, 0.717) is 6.10 Å². The summed E-state index contributed by atoms with van der Waals surface area (Å²) in [5.74, 6) is 3.30. The lowest BCUT2D eigenvalue weighted by atomic mass is 10.1. The van der Waals surface area contributed by atoms with Gasteiger partial charge in [-0.1, -0.05) is 6.07 Å². The first-order valence-electron chi connectivity index (χ1n) is 9.62. The summed E-state index contributed by atoms with van der Waals surface area (Å²) >= 11 is 0. The molecule has 0 radical (unpaired) electrons. The minimum absolute atomic E-state index is 0.293. The van der Waals surface area contributed by atoms with Crippen LogP contribution in [0.2, 0.25) is 0 Å². The van der Waals surface area contributed by atoms with E-state index in [4.69, 9.17) is 4.74 Å². The molecule has 1 saturated heterocycles. The fourth-order valence-electron chi connectivity index (χ4n) is 4.27. The number of fused-ring (bicyclic) bond motifs is 2. The Balaban J connectivity index is 1.21. The molecule has 0 aliphatic carbocycles. The zero-order valence-electron chi connectivity index (χ0n) is 15.3. The Labute approximate surface area is 153 Å². The standard InChI is InChI=1S/C20H25N5O/c1-23-11-9-16-17(23)4-2-5-18(16)26-15-7-12-24(13-8-15)14-20-22-21-19-6-3-10-25(19)20/h2,4-5,9,11,15H,3,6-8,10,12-14H2,1H3. The van der Waals surface area contributed by atoms with Gasteiger partial charge in [0.1, 0.15) is 23.5 Å². The Kier molecular flexibility index (Phi) is 3.93. The largest absolute Gasteiger partial charge is 0.490 e. The van der Waals surface area contributed by atoms with Crippen LogP contribution >= 0.6 is 0 Å². The maximum absolute atomic E-state index is 6.37. The lowest BCUT2D eigenvalue weighted by Gasteiger charge is -2.32. The summed E-state index contributed by atoms with van der Waals surface area (Å²) in [6, 6.07) is 8.46. The van der Waals surface area contributed by atoms with Crippen molar-refractivity contribution in [3.63, 3.8) is 0 Å². The highest BCUT2D eigenvalue weighted by Crippen LogP contribution is 2.29. The maximum Gasteiger partial charge on any atom is 0.147 e. The van der Waals surface area contributed by atoms with Crippen molar-refractivity contribution < 1.29 is 4.74 Å². The molecule has 26 heavy (non-hydrogen) atoms. The number of benzene rings is 1. The quantitative estimate of drug-likeness (QED) is 0.725. The van der Waals surface area contributed by atoms with Gasteiger partial charge < -0.3 is 13.9 Å². The van der Waals surface area contributed by atoms with Gasteiger partial charge in [-0.05, 0) is 37.5 Å². The number of piperidine rings is 1. The van der Waals surface area contributed by atoms with Crippen molar-refractivity contribution in [2.45, 2.75) is 44.9 Å². The molecule has 0 saturated carbocycles. The highest BCUT2D eigenvalue weighted by atomic mass is 16.5. The Morgan fingerprint density at radius 2 is 2.00 bits per heavy atom. The Hall–Kier alpha value is -2.34. The number of aryl methyl sites for hydroxylation is 2. The molecule has 2 aliphatic heterocycles. The van der Waals surface area contributed by atoms with Crippen molar-refractivity contribution >= 4 is 10.9 Å². The van der Waals surface area contributed by atoms with Crippen LogP contribution in [0.15, 0.2) is 30.5 Å². The van der Waals surface area contributed by atoms with E-state index in [-0.39, 0.29) is 0 Å². The molecule has 2 aliphatic rings. The Morgan fingerprint density at radius 1 is 1.12 bits per heavy atom. The fourth-order valence-corrected chi connectivity index (χ4v) is 4.27. The third-order valence-corrected chi connectivity index (χ3v) is 5.77. The predicted octanol–water partition coefficient (Wildman–Crippen LogP) is 2.76. The third kappa shape index (κ3) is 2.78. The lowest BCUT2D eigenvalue weighted by molar-refractivity contribution is 0.0958. The highest BCUT2D eigenvalue weighted by molar-refractivity contribution is 5.86. The molecule has 0 spiro atoms. The van der Waals surface area contributed by atoms with Crippen LogP contribution in [0.1, 0.15) is 30.9 Å². The summed E-state index contributed by atoms with van der Waals surface area (Å²) in [5, 5.41) is 9.92. The first-order valence-corrected chi connectivity index (χ1v) is 9.62. The SMILES string of the molecule is Cn1ccc2c(OC3CCN(Cc4nnc5n4CCC5)CC3)cccc21. The summed E-state index contributed by atoms with van der Waals surface area (Å²) in [7, 11) is 2.08. The molecule has 136 valence electrons. The molecule has 3 aromatic rings. The summed E-state index contributed by atoms with van der Waals surface area (Å²) in [6.07, 6.45) is 6.79. The smallest absolute Gasteiger partial charge is 0.147 e. The minimum atomic E-state index is 0.293. The molecular weight excluding hydrogens is 326 g/mol. The van der Waals surface area contributed by atoms with Crippen molar-refractivity contribution in [1.82, 2.24) is 24.2 Å². The molecular formula is C20H25N5O. The average Bonchev–Trinajstić information content (AvgIpc) is 3.36. The molecule has 1 aromatic carbocycles. The van der Waals surface area contributed by atoms with E-state index in [1.54, 1.807) is 0 Å². The van der Waals surface area contributed by atoms with Gasteiger partial charge in [0.15, 0.2) is 0 Å². The van der Waals surface area contributed by atoms with E-state index in [1.807, 2.05) is 0 Å². The van der Waals surface area contributed by atoms with Crippen molar-refractivity contribution in [3.05, 3.63) is 42.1 Å². The first kappa shape index (κ1) is 15.9. The molecule has 0 atom stereocenters. The van der Waals surface area contributed by atoms with Crippen molar-refractivity contribution in [1.29, 1.82) is 0 Å². The van der Waals surface area contributed by atoms with Crippen molar-refractivity contribution in [2.75, 3.05) is 13.1 Å². The van der Waals surface area contributed by atoms with E-state index in [1.165, 1.54) is 17.3 Å². The monoisotopic (exact) mass is 351 g/mol. The number of ether oxygens (including phenoxy) is 1. The van der Waals surface area contributed by atoms with Crippen LogP contribution in [0.25, 0.3) is 10.9 Å². The number of nitrogens with zero attached hydrogens (tertiary/aromatic N) is 5. The van der Waals surface area contributed by atoms with E-state index in [2.05, 4.69) is 61.7 Å². The summed E-state index contributed by atoms with van der Waals surface area (Å²) in [5.41, 5.74) is 1.22. The van der Waals surface area contributed by atoms with E-state index < -0.39 is 0 Å². The van der Waals surface area contributed by atoms with Crippen LogP contribution in [-0.4, -0.2) is 43.4 Å². The van der Waals surface area contributed by atoms with Crippen LogP contribution in [0.3, 0.4) is 0 Å². The Bertz CT molecular complexity index is 920. The van der Waals surface area contributed by atoms with Gasteiger partial charge in [-0.25, -0.2) is 0 Å². The molecule has 0 bridgehead atoms. The Morgan fingerprint density at radius 3 is 2.88 bits per heavy atom. The van der Waals surface area contributed by atoms with E-state index >= 15 is 0 Å². The number of rotatable bonds is 4. The molecule has 2 aromatic heterocycles. The zero-order valence-corrected chi connectivity index (χ0v) is 15.3. The molecule has 0 unspecified atom stereocenters. The van der Waals surface area contributed by atoms with Crippen LogP contribution in [0.4, 0.5) is 0 Å². The number of hydrogen-bond donors (Lipinski definition) is 0. The van der Waals surface area contributed by atoms with Gasteiger partial charge in [0, 0.05) is 44.7 Å². The average molecular weight is 351 g/mol. The van der Waals surface area contributed by atoms with Gasteiger partial charge >= 0.3 is 0 Å². The van der Waals surface area contributed by atoms with E-state index in [9.17, 15) is 0 Å². The van der Waals surface area contributed by atoms with Crippen LogP contribution in [0.5, 0.6) is 5.75 Å². The molecule has 5 rings (SSSR count). The van der Waals surface area contributed by atoms with Gasteiger partial charge in [-0.2, -0.15) is 0 Å². The first-order chi connectivity index (χ1) is 12.8. The van der Waals surface area contributed by atoms with Crippen LogP contribution < -0.4 is 4.74 Å². The lowest BCUT2D eigenvalue weighted by Crippen LogP contribution is -2.38. The molecule has 6 nitrogen and oxygen atoms in total. The second-order valence-electron chi connectivity index (χ2n) is 7.50. The van der Waals surface area contributed by atoms with Gasteiger partial charge in [0.05, 0.1) is 12.1 Å². The number of likely N-dealkylation sites (tertiary alicyclic amines) is 1. The third-order valence-electron chi connectivity index (χ3n) is 5.77. The van der Waals surface area contributed by atoms with Gasteiger partial charge in [0.2, 0.25) is 0 Å². The van der Waals surface area contributed by atoms with Crippen molar-refractivity contribution in [2.24, 2.45) is 7.05 Å². The van der Waals surface area contributed by atoms with Gasteiger partial charge in [-0.3, -0.25) is 4.90 Å². The highest BCUT2D eigenvalue weighted by Gasteiger charge is 2.24. The molecule has 4 heterocycles. The molecule has 0 amide bonds. The summed E-state index contributed by atoms with van der Waals surface area (Å²) < 4.78 is 10.8. The summed E-state index contributed by atoms with van der Waals surface area (Å²) in [6.45, 7) is 4.10. The maximum atomic E-state index is 6.37. The molecule has 6 heteroatoms. The van der Waals surface area contributed by atoms with Crippen LogP contribution in [0, 0.1) is 0 Å². The molecule has 1 fully saturated rings. The number of hydrogen-bond acceptors (Lipinski definition) is 4. The predicted molar refractivity (Wildman–Crippen MR) is 100 cm³/mol. The van der Waals surface area contributed by atoms with Crippen molar-refractivity contribution in [3.8, 4) is 5.75 Å². The van der Waals surface area contributed by atoms with E-state index in [0.717, 1.165) is 62.8 Å².